The molecule has 5 N–H and O–H groups in total. The number of H-pyrrole nitrogens is 1. The van der Waals surface area contributed by atoms with E-state index in [1.54, 1.807) is 12.1 Å². The average molecular weight is 537 g/mol. The Morgan fingerprint density at radius 2 is 1.61 bits per heavy atom. The number of nitroso groups, excluding NO2 is 1. The molecule has 0 atom stereocenters. The van der Waals surface area contributed by atoms with E-state index in [2.05, 4.69) is 30.8 Å². The molecule has 0 radical (unpaired) electrons. The molecule has 0 aliphatic carbocycles. The molecule has 0 aliphatic heterocycles. The first-order valence-electron chi connectivity index (χ1n) is 10.6. The zero-order chi connectivity index (χ0) is 27.5. The SMILES string of the molecule is Nc1cc(Oc2ccnc(-c3ncc(C(F)(F)F)[nH]3)c2)ccc1NCNc1ccc(C(F)(F)F)cc1N=O. The molecule has 0 aliphatic rings. The van der Waals surface area contributed by atoms with Crippen molar-refractivity contribution >= 4 is 22.7 Å². The first-order chi connectivity index (χ1) is 17.9. The van der Waals surface area contributed by atoms with Gasteiger partial charge >= 0.3 is 12.4 Å². The second kappa shape index (κ2) is 10.3. The van der Waals surface area contributed by atoms with Gasteiger partial charge < -0.3 is 26.1 Å². The number of pyridine rings is 1. The average Bonchev–Trinajstić information content (AvgIpc) is 3.36. The van der Waals surface area contributed by atoms with Crippen molar-refractivity contribution < 1.29 is 31.1 Å². The molecule has 0 unspecified atom stereocenters. The molecule has 0 saturated carbocycles. The highest BCUT2D eigenvalue weighted by molar-refractivity contribution is 5.70. The van der Waals surface area contributed by atoms with E-state index in [1.165, 1.54) is 24.4 Å². The van der Waals surface area contributed by atoms with Gasteiger partial charge in [0, 0.05) is 18.3 Å². The Hall–Kier alpha value is -4.82. The lowest BCUT2D eigenvalue weighted by Gasteiger charge is -2.14. The zero-order valence-corrected chi connectivity index (χ0v) is 19.0. The predicted molar refractivity (Wildman–Crippen MR) is 127 cm³/mol. The molecule has 9 nitrogen and oxygen atoms in total. The van der Waals surface area contributed by atoms with Crippen molar-refractivity contribution in [3.63, 3.8) is 0 Å². The van der Waals surface area contributed by atoms with E-state index in [9.17, 15) is 31.2 Å². The maximum absolute atomic E-state index is 12.8. The molecule has 2 aromatic heterocycles. The molecule has 0 bridgehead atoms. The van der Waals surface area contributed by atoms with Crippen LogP contribution in [0.25, 0.3) is 11.5 Å². The Morgan fingerprint density at radius 3 is 2.26 bits per heavy atom. The Bertz CT molecular complexity index is 1450. The number of hydrogen-bond acceptors (Lipinski definition) is 8. The highest BCUT2D eigenvalue weighted by Gasteiger charge is 2.33. The van der Waals surface area contributed by atoms with Crippen molar-refractivity contribution in [2.24, 2.45) is 5.18 Å². The minimum atomic E-state index is -4.61. The predicted octanol–water partition coefficient (Wildman–Crippen LogP) is 6.76. The molecule has 4 aromatic rings. The molecule has 4 rings (SSSR count). The standard InChI is InChI=1S/C23H17F6N7O2/c24-22(25,26)12-1-3-17(18(7-12)36-37)34-11-33-16-4-2-13(8-15(16)30)38-14-5-6-31-19(9-14)21-32-10-20(35-21)23(27,28)29/h1-10,33-34H,11,30H2,(H,32,35). The fraction of sp³-hybridized carbons (Fsp3) is 0.130. The van der Waals surface area contributed by atoms with Crippen LogP contribution in [-0.4, -0.2) is 21.6 Å². The summed E-state index contributed by atoms with van der Waals surface area (Å²) in [6.45, 7) is -0.00490. The summed E-state index contributed by atoms with van der Waals surface area (Å²) in [4.78, 5) is 20.8. The van der Waals surface area contributed by atoms with Gasteiger partial charge in [0.1, 0.15) is 28.6 Å². The molecule has 2 aromatic carbocycles. The van der Waals surface area contributed by atoms with Gasteiger partial charge in [0.2, 0.25) is 0 Å². The molecular formula is C23H17F6N7O2. The van der Waals surface area contributed by atoms with Crippen LogP contribution in [0.15, 0.2) is 66.1 Å². The maximum atomic E-state index is 12.8. The van der Waals surface area contributed by atoms with Gasteiger partial charge in [-0.1, -0.05) is 0 Å². The number of nitrogen functional groups attached to an aromatic ring is 1. The van der Waals surface area contributed by atoms with Crippen LogP contribution in [0.4, 0.5) is 49.1 Å². The third-order valence-corrected chi connectivity index (χ3v) is 5.10. The largest absolute Gasteiger partial charge is 0.457 e. The second-order valence-electron chi connectivity index (χ2n) is 7.72. The summed E-state index contributed by atoms with van der Waals surface area (Å²) >= 11 is 0. The van der Waals surface area contributed by atoms with Crippen LogP contribution in [0.2, 0.25) is 0 Å². The van der Waals surface area contributed by atoms with E-state index < -0.39 is 29.3 Å². The molecule has 0 fully saturated rings. The number of nitrogens with one attached hydrogen (secondary N) is 3. The van der Waals surface area contributed by atoms with Crippen molar-refractivity contribution in [1.29, 1.82) is 0 Å². The van der Waals surface area contributed by atoms with Crippen molar-refractivity contribution in [3.05, 3.63) is 77.1 Å². The van der Waals surface area contributed by atoms with Gasteiger partial charge in [-0.3, -0.25) is 4.98 Å². The van der Waals surface area contributed by atoms with Gasteiger partial charge in [-0.25, -0.2) is 4.98 Å². The van der Waals surface area contributed by atoms with Crippen LogP contribution in [-0.2, 0) is 12.4 Å². The number of nitrogens with zero attached hydrogens (tertiary/aromatic N) is 3. The summed E-state index contributed by atoms with van der Waals surface area (Å²) in [7, 11) is 0. The first kappa shape index (κ1) is 26.2. The van der Waals surface area contributed by atoms with Crippen LogP contribution in [0, 0.1) is 4.91 Å². The van der Waals surface area contributed by atoms with E-state index in [0.717, 1.165) is 12.1 Å². The summed E-state index contributed by atoms with van der Waals surface area (Å²) < 4.78 is 82.6. The third kappa shape index (κ3) is 6.11. The van der Waals surface area contributed by atoms with Crippen LogP contribution in [0.1, 0.15) is 11.3 Å². The van der Waals surface area contributed by atoms with Crippen molar-refractivity contribution in [2.45, 2.75) is 12.4 Å². The lowest BCUT2D eigenvalue weighted by molar-refractivity contribution is -0.141. The van der Waals surface area contributed by atoms with Gasteiger partial charge in [0.15, 0.2) is 5.82 Å². The quantitative estimate of drug-likeness (QED) is 0.0845. The number of alkyl halides is 6. The van der Waals surface area contributed by atoms with Gasteiger partial charge in [0.25, 0.3) is 0 Å². The summed E-state index contributed by atoms with van der Waals surface area (Å²) in [6, 6.07) is 10.1. The number of ether oxygens (including phenoxy) is 1. The molecule has 0 amide bonds. The maximum Gasteiger partial charge on any atom is 0.432 e. The Labute approximate surface area is 210 Å². The molecule has 2 heterocycles. The number of rotatable bonds is 8. The number of hydrogen-bond donors (Lipinski definition) is 4. The Balaban J connectivity index is 1.40. The molecular weight excluding hydrogens is 520 g/mol. The van der Waals surface area contributed by atoms with Gasteiger partial charge in [0.05, 0.1) is 35.5 Å². The van der Waals surface area contributed by atoms with E-state index in [0.29, 0.717) is 23.7 Å². The summed E-state index contributed by atoms with van der Waals surface area (Å²) in [5, 5.41) is 8.32. The summed E-state index contributed by atoms with van der Waals surface area (Å²) in [5.74, 6) is 0.483. The van der Waals surface area contributed by atoms with Gasteiger partial charge in [-0.15, -0.1) is 4.91 Å². The minimum Gasteiger partial charge on any atom is -0.457 e. The third-order valence-electron chi connectivity index (χ3n) is 5.10. The number of nitrogens with two attached hydrogens (primary N) is 1. The molecule has 0 saturated heterocycles. The number of imidazole rings is 1. The fourth-order valence-electron chi connectivity index (χ4n) is 3.27. The van der Waals surface area contributed by atoms with Crippen molar-refractivity contribution in [3.8, 4) is 23.0 Å². The van der Waals surface area contributed by atoms with Crippen LogP contribution in [0.5, 0.6) is 11.5 Å². The van der Waals surface area contributed by atoms with Gasteiger partial charge in [-0.05, 0) is 41.6 Å². The molecule has 0 spiro atoms. The number of aromatic nitrogens is 3. The lowest BCUT2D eigenvalue weighted by Crippen LogP contribution is -2.13. The topological polar surface area (TPSA) is 130 Å². The Morgan fingerprint density at radius 1 is 0.895 bits per heavy atom. The van der Waals surface area contributed by atoms with E-state index in [1.807, 2.05) is 0 Å². The smallest absolute Gasteiger partial charge is 0.432 e. The molecule has 15 heteroatoms. The monoisotopic (exact) mass is 537 g/mol. The van der Waals surface area contributed by atoms with E-state index >= 15 is 0 Å². The van der Waals surface area contributed by atoms with E-state index in [-0.39, 0.29) is 35.3 Å². The first-order valence-corrected chi connectivity index (χ1v) is 10.6. The molecule has 198 valence electrons. The van der Waals surface area contributed by atoms with Crippen LogP contribution >= 0.6 is 0 Å². The normalized spacial score (nSPS) is 11.7. The summed E-state index contributed by atoms with van der Waals surface area (Å²) in [6.07, 6.45) is -7.18. The van der Waals surface area contributed by atoms with E-state index in [4.69, 9.17) is 10.5 Å². The number of anilines is 3. The minimum absolute atomic E-state index is 0.00490. The van der Waals surface area contributed by atoms with Crippen LogP contribution in [0.3, 0.4) is 0 Å². The zero-order valence-electron chi connectivity index (χ0n) is 19.0. The fourth-order valence-corrected chi connectivity index (χ4v) is 3.27. The second-order valence-corrected chi connectivity index (χ2v) is 7.72. The summed E-state index contributed by atoms with van der Waals surface area (Å²) in [5.41, 5.74) is 4.55. The molecule has 38 heavy (non-hydrogen) atoms. The van der Waals surface area contributed by atoms with Crippen molar-refractivity contribution in [2.75, 3.05) is 23.0 Å². The van der Waals surface area contributed by atoms with Crippen LogP contribution < -0.4 is 21.1 Å². The number of benzene rings is 2. The number of aromatic amines is 1. The number of halogens is 6. The Kier molecular flexibility index (Phi) is 7.10. The lowest BCUT2D eigenvalue weighted by atomic mass is 10.1. The highest BCUT2D eigenvalue weighted by atomic mass is 19.4. The van der Waals surface area contributed by atoms with Gasteiger partial charge in [-0.2, -0.15) is 26.3 Å². The highest BCUT2D eigenvalue weighted by Crippen LogP contribution is 2.35. The van der Waals surface area contributed by atoms with Crippen molar-refractivity contribution in [1.82, 2.24) is 15.0 Å².